The highest BCUT2D eigenvalue weighted by Crippen LogP contribution is 2.39. The van der Waals surface area contributed by atoms with Crippen LogP contribution in [0.1, 0.15) is 119 Å². The molecule has 4 rings (SSSR count). The van der Waals surface area contributed by atoms with Gasteiger partial charge in [-0.2, -0.15) is 0 Å². The molecule has 2 saturated heterocycles. The second-order valence-corrected chi connectivity index (χ2v) is 17.3. The van der Waals surface area contributed by atoms with Crippen LogP contribution in [0, 0.1) is 29.6 Å². The van der Waals surface area contributed by atoms with Gasteiger partial charge in [0, 0.05) is 51.7 Å². The summed E-state index contributed by atoms with van der Waals surface area (Å²) in [5.41, 5.74) is 7.62. The fraction of sp³-hybridized carbons (Fsp3) is 0.818. The van der Waals surface area contributed by atoms with Crippen LogP contribution in [0.3, 0.4) is 0 Å². The number of methoxy groups -OCH3 is 2. The number of esters is 1. The zero-order valence-electron chi connectivity index (χ0n) is 35.9. The number of rotatable bonds is 7. The van der Waals surface area contributed by atoms with Crippen molar-refractivity contribution in [3.63, 3.8) is 0 Å². The molecule has 0 aromatic rings. The van der Waals surface area contributed by atoms with Gasteiger partial charge in [-0.15, -0.1) is 0 Å². The lowest BCUT2D eigenvalue weighted by atomic mass is 9.81. The number of piperidine rings is 1. The molecule has 3 N–H and O–H groups in total. The number of alkyl halides is 1. The van der Waals surface area contributed by atoms with E-state index >= 15 is 4.39 Å². The Bertz CT molecular complexity index is 1460. The van der Waals surface area contributed by atoms with Gasteiger partial charge in [-0.1, -0.05) is 39.8 Å². The average molecular weight is 807 g/mol. The number of fused-ring (bicyclic) bond motifs is 3. The fourth-order valence-corrected chi connectivity index (χ4v) is 9.49. The van der Waals surface area contributed by atoms with Gasteiger partial charge < -0.3 is 39.4 Å². The number of nitrogens with two attached hydrogens (primary N) is 1. The zero-order valence-corrected chi connectivity index (χ0v) is 35.9. The Morgan fingerprint density at radius 1 is 0.982 bits per heavy atom. The Morgan fingerprint density at radius 3 is 2.32 bits per heavy atom. The molecule has 3 aliphatic heterocycles. The Morgan fingerprint density at radius 2 is 1.67 bits per heavy atom. The van der Waals surface area contributed by atoms with E-state index in [2.05, 4.69) is 6.08 Å². The van der Waals surface area contributed by atoms with Gasteiger partial charge in [0.15, 0.2) is 0 Å². The predicted molar refractivity (Wildman–Crippen MR) is 214 cm³/mol. The zero-order chi connectivity index (χ0) is 42.2. The van der Waals surface area contributed by atoms with Crippen LogP contribution < -0.4 is 5.73 Å². The quantitative estimate of drug-likeness (QED) is 0.181. The highest BCUT2D eigenvalue weighted by Gasteiger charge is 2.56. The highest BCUT2D eigenvalue weighted by atomic mass is 19.1. The summed E-state index contributed by atoms with van der Waals surface area (Å²) in [5.74, 6) is -7.57. The van der Waals surface area contributed by atoms with E-state index in [-0.39, 0.29) is 62.0 Å². The summed E-state index contributed by atoms with van der Waals surface area (Å²) in [4.78, 5) is 57.7. The van der Waals surface area contributed by atoms with Crippen LogP contribution in [-0.4, -0.2) is 115 Å². The van der Waals surface area contributed by atoms with Crippen molar-refractivity contribution in [2.75, 3.05) is 27.4 Å². The maximum atomic E-state index is 16.2. The first-order chi connectivity index (χ1) is 27.0. The molecule has 0 radical (unpaired) electrons. The lowest BCUT2D eigenvalue weighted by Crippen LogP contribution is -2.64. The number of allylic oxidation sites excluding steroid dienone is 3. The average Bonchev–Trinajstić information content (AvgIpc) is 3.20. The van der Waals surface area contributed by atoms with Crippen molar-refractivity contribution >= 4 is 23.4 Å². The summed E-state index contributed by atoms with van der Waals surface area (Å²) in [6.07, 6.45) is 4.33. The molecule has 1 saturated carbocycles. The number of hydrogen-bond donors (Lipinski definition) is 2. The van der Waals surface area contributed by atoms with Crippen molar-refractivity contribution in [3.8, 4) is 0 Å². The first-order valence-electron chi connectivity index (χ1n) is 21.4. The summed E-state index contributed by atoms with van der Waals surface area (Å²) in [6.45, 7) is 13.4. The van der Waals surface area contributed by atoms with Crippen molar-refractivity contribution in [3.05, 3.63) is 23.3 Å². The van der Waals surface area contributed by atoms with Crippen molar-refractivity contribution < 1.29 is 52.4 Å². The van der Waals surface area contributed by atoms with Gasteiger partial charge >= 0.3 is 5.97 Å². The monoisotopic (exact) mass is 807 g/mol. The lowest BCUT2D eigenvalue weighted by Gasteiger charge is -2.47. The van der Waals surface area contributed by atoms with Gasteiger partial charge in [-0.25, -0.2) is 9.18 Å². The third-order valence-electron chi connectivity index (χ3n) is 13.1. The maximum absolute atomic E-state index is 16.2. The minimum absolute atomic E-state index is 0.0220. The molecule has 14 atom stereocenters. The normalized spacial score (nSPS) is 40.1. The second kappa shape index (κ2) is 21.1. The highest BCUT2D eigenvalue weighted by molar-refractivity contribution is 6.39. The number of carbonyl (C=O) groups is 4. The molecule has 13 heteroatoms. The van der Waals surface area contributed by atoms with Gasteiger partial charge in [0.2, 0.25) is 5.79 Å². The maximum Gasteiger partial charge on any atom is 0.329 e. The Kier molecular flexibility index (Phi) is 17.5. The van der Waals surface area contributed by atoms with Crippen LogP contribution in [0.15, 0.2) is 23.3 Å². The number of hydrogen-bond acceptors (Lipinski definition) is 11. The van der Waals surface area contributed by atoms with E-state index in [1.807, 2.05) is 27.7 Å². The molecule has 12 nitrogen and oxygen atoms in total. The van der Waals surface area contributed by atoms with Gasteiger partial charge in [0.05, 0.1) is 18.3 Å². The molecule has 57 heavy (non-hydrogen) atoms. The number of nitrogens with zero attached hydrogens (tertiary/aromatic N) is 1. The summed E-state index contributed by atoms with van der Waals surface area (Å²) in [6, 6.07) is -1.13. The molecule has 14 unspecified atom stereocenters. The molecular weight excluding hydrogens is 735 g/mol. The lowest BCUT2D eigenvalue weighted by molar-refractivity contribution is -0.302. The molecule has 0 aromatic carbocycles. The molecule has 2 bridgehead atoms. The van der Waals surface area contributed by atoms with E-state index in [1.165, 1.54) is 19.1 Å². The SMILES string of the molecule is CCOC1CC(C=C(C)C2OC(=O)C3CCCCN3C(=O)C(=O)C3(O)OC(C(OC)CC(C)C(F)C(C)=CC(CC)C(=O)CCC2C)C(OC)CC3C)CCC1N. The number of carbonyl (C=O) groups excluding carboxylic acids is 4. The first kappa shape index (κ1) is 47.1. The van der Waals surface area contributed by atoms with Gasteiger partial charge in [-0.3, -0.25) is 14.4 Å². The molecular formula is C44H71FN2O10. The topological polar surface area (TPSA) is 164 Å². The standard InChI is InChI=1S/C44H71FN2O10/c1-10-31-21-26(4)38(45)27(5)22-36(53-8)40-37(54-9)23-29(7)44(52,57-40)41(49)42(50)47-19-13-12-14-33(47)43(51)56-39(25(3)15-18-34(31)48)28(6)20-30-16-17-32(46)35(24-30)55-11-2/h20-21,25,27,29-33,35-40,52H,10-19,22-24,46H2,1-9H3. The van der Waals surface area contributed by atoms with Crippen LogP contribution >= 0.6 is 0 Å². The molecule has 3 fully saturated rings. The number of amides is 1. The van der Waals surface area contributed by atoms with E-state index in [9.17, 15) is 24.3 Å². The summed E-state index contributed by atoms with van der Waals surface area (Å²) < 4.78 is 46.3. The fourth-order valence-electron chi connectivity index (χ4n) is 9.49. The molecule has 0 aromatic heterocycles. The minimum atomic E-state index is -2.56. The van der Waals surface area contributed by atoms with Crippen molar-refractivity contribution in [2.45, 2.75) is 174 Å². The number of aliphatic hydroxyl groups is 1. The van der Waals surface area contributed by atoms with Crippen LogP contribution in [0.5, 0.6) is 0 Å². The van der Waals surface area contributed by atoms with E-state index in [0.717, 1.165) is 24.8 Å². The molecule has 1 amide bonds. The van der Waals surface area contributed by atoms with Crippen molar-refractivity contribution in [2.24, 2.45) is 35.3 Å². The summed E-state index contributed by atoms with van der Waals surface area (Å²) in [5, 5.41) is 12.0. The van der Waals surface area contributed by atoms with Gasteiger partial charge in [-0.05, 0) is 114 Å². The van der Waals surface area contributed by atoms with Crippen LogP contribution in [-0.2, 0) is 42.9 Å². The first-order valence-corrected chi connectivity index (χ1v) is 21.4. The van der Waals surface area contributed by atoms with Crippen LogP contribution in [0.4, 0.5) is 4.39 Å². The molecule has 324 valence electrons. The Balaban J connectivity index is 1.75. The van der Waals surface area contributed by atoms with E-state index < -0.39 is 77.8 Å². The predicted octanol–water partition coefficient (Wildman–Crippen LogP) is 5.81. The number of halogens is 1. The van der Waals surface area contributed by atoms with Crippen LogP contribution in [0.2, 0.25) is 0 Å². The second-order valence-electron chi connectivity index (χ2n) is 17.3. The summed E-state index contributed by atoms with van der Waals surface area (Å²) >= 11 is 0. The third-order valence-corrected chi connectivity index (χ3v) is 13.1. The summed E-state index contributed by atoms with van der Waals surface area (Å²) in [7, 11) is 2.93. The number of ketones is 2. The van der Waals surface area contributed by atoms with E-state index in [0.29, 0.717) is 37.9 Å². The molecule has 3 heterocycles. The number of cyclic esters (lactones) is 1. The molecule has 4 aliphatic rings. The smallest absolute Gasteiger partial charge is 0.329 e. The van der Waals surface area contributed by atoms with Gasteiger partial charge in [0.25, 0.3) is 11.7 Å². The van der Waals surface area contributed by atoms with Crippen LogP contribution in [0.25, 0.3) is 0 Å². The Hall–Kier alpha value is -2.55. The third kappa shape index (κ3) is 11.2. The number of Topliss-reactive ketones (excluding diaryl/α,β-unsaturated/α-hetero) is 2. The van der Waals surface area contributed by atoms with Crippen molar-refractivity contribution in [1.29, 1.82) is 0 Å². The van der Waals surface area contributed by atoms with E-state index in [1.54, 1.807) is 26.8 Å². The largest absolute Gasteiger partial charge is 0.456 e. The van der Waals surface area contributed by atoms with Crippen molar-refractivity contribution in [1.82, 2.24) is 4.90 Å². The number of ether oxygens (including phenoxy) is 5. The van der Waals surface area contributed by atoms with E-state index in [4.69, 9.17) is 29.4 Å². The Labute approximate surface area is 339 Å². The van der Waals surface area contributed by atoms with Gasteiger partial charge in [0.1, 0.15) is 30.2 Å². The molecule has 0 spiro atoms. The minimum Gasteiger partial charge on any atom is -0.456 e. The molecule has 1 aliphatic carbocycles.